The standard InChI is InChI=1S/C18H16BrNO6/c1-23-12-3-4-14(19)13(9-12)18(22)26-10-17(21)20-11-2-5-15-16(8-11)25-7-6-24-15/h2-5,8-9H,6-7,10H2,1H3,(H,20,21). The number of esters is 1. The van der Waals surface area contributed by atoms with Gasteiger partial charge in [0.25, 0.3) is 5.91 Å². The Hall–Kier alpha value is -2.74. The predicted molar refractivity (Wildman–Crippen MR) is 97.0 cm³/mol. The highest BCUT2D eigenvalue weighted by Gasteiger charge is 2.16. The van der Waals surface area contributed by atoms with E-state index in [1.807, 2.05) is 0 Å². The minimum atomic E-state index is -0.631. The van der Waals surface area contributed by atoms with Crippen LogP contribution in [0, 0.1) is 0 Å². The third-order valence-corrected chi connectivity index (χ3v) is 4.25. The highest BCUT2D eigenvalue weighted by atomic mass is 79.9. The van der Waals surface area contributed by atoms with Crippen molar-refractivity contribution in [3.05, 3.63) is 46.4 Å². The summed E-state index contributed by atoms with van der Waals surface area (Å²) in [4.78, 5) is 24.2. The second-order valence-electron chi connectivity index (χ2n) is 5.33. The lowest BCUT2D eigenvalue weighted by atomic mass is 10.2. The van der Waals surface area contributed by atoms with Crippen LogP contribution in [0.25, 0.3) is 0 Å². The predicted octanol–water partition coefficient (Wildman–Crippen LogP) is 3.02. The molecule has 7 nitrogen and oxygen atoms in total. The number of halogens is 1. The lowest BCUT2D eigenvalue weighted by molar-refractivity contribution is -0.119. The van der Waals surface area contributed by atoms with Gasteiger partial charge in [0.15, 0.2) is 18.1 Å². The van der Waals surface area contributed by atoms with Crippen LogP contribution in [0.15, 0.2) is 40.9 Å². The third kappa shape index (κ3) is 4.26. The maximum atomic E-state index is 12.2. The summed E-state index contributed by atoms with van der Waals surface area (Å²) in [7, 11) is 1.50. The number of ether oxygens (including phenoxy) is 4. The molecule has 8 heteroatoms. The quantitative estimate of drug-likeness (QED) is 0.747. The minimum Gasteiger partial charge on any atom is -0.497 e. The van der Waals surface area contributed by atoms with E-state index in [1.165, 1.54) is 13.2 Å². The van der Waals surface area contributed by atoms with Gasteiger partial charge in [-0.1, -0.05) is 0 Å². The summed E-state index contributed by atoms with van der Waals surface area (Å²) in [6.07, 6.45) is 0. The fourth-order valence-electron chi connectivity index (χ4n) is 2.31. The maximum absolute atomic E-state index is 12.2. The largest absolute Gasteiger partial charge is 0.497 e. The Morgan fingerprint density at radius 2 is 1.88 bits per heavy atom. The Morgan fingerprint density at radius 1 is 1.12 bits per heavy atom. The highest BCUT2D eigenvalue weighted by molar-refractivity contribution is 9.10. The number of fused-ring (bicyclic) bond motifs is 1. The van der Waals surface area contributed by atoms with E-state index in [0.717, 1.165) is 0 Å². The number of anilines is 1. The van der Waals surface area contributed by atoms with Gasteiger partial charge >= 0.3 is 5.97 Å². The van der Waals surface area contributed by atoms with Crippen molar-refractivity contribution in [3.8, 4) is 17.2 Å². The van der Waals surface area contributed by atoms with Gasteiger partial charge in [-0.25, -0.2) is 4.79 Å². The van der Waals surface area contributed by atoms with E-state index in [-0.39, 0.29) is 5.56 Å². The van der Waals surface area contributed by atoms with Crippen LogP contribution in [0.5, 0.6) is 17.2 Å². The molecule has 0 saturated heterocycles. The van der Waals surface area contributed by atoms with Gasteiger partial charge in [-0.3, -0.25) is 4.79 Å². The number of methoxy groups -OCH3 is 1. The Labute approximate surface area is 158 Å². The van der Waals surface area contributed by atoms with Gasteiger partial charge in [0.1, 0.15) is 19.0 Å². The van der Waals surface area contributed by atoms with Gasteiger partial charge in [-0.15, -0.1) is 0 Å². The maximum Gasteiger partial charge on any atom is 0.339 e. The monoisotopic (exact) mass is 421 g/mol. The van der Waals surface area contributed by atoms with Crippen LogP contribution < -0.4 is 19.5 Å². The fourth-order valence-corrected chi connectivity index (χ4v) is 2.72. The SMILES string of the molecule is COc1ccc(Br)c(C(=O)OCC(=O)Nc2ccc3c(c2)OCCO3)c1. The number of carbonyl (C=O) groups is 2. The van der Waals surface area contributed by atoms with Crippen molar-refractivity contribution < 1.29 is 28.5 Å². The van der Waals surface area contributed by atoms with Crippen LogP contribution in [0.4, 0.5) is 5.69 Å². The molecule has 2 aromatic carbocycles. The van der Waals surface area contributed by atoms with Gasteiger partial charge in [-0.05, 0) is 46.3 Å². The van der Waals surface area contributed by atoms with Crippen molar-refractivity contribution in [1.82, 2.24) is 0 Å². The van der Waals surface area contributed by atoms with Crippen molar-refractivity contribution in [3.63, 3.8) is 0 Å². The second-order valence-corrected chi connectivity index (χ2v) is 6.18. The van der Waals surface area contributed by atoms with E-state index in [0.29, 0.717) is 40.6 Å². The average Bonchev–Trinajstić information content (AvgIpc) is 2.66. The molecule has 1 heterocycles. The number of hydrogen-bond donors (Lipinski definition) is 1. The summed E-state index contributed by atoms with van der Waals surface area (Å²) in [5.74, 6) is 0.609. The first-order valence-corrected chi connectivity index (χ1v) is 8.56. The van der Waals surface area contributed by atoms with Gasteiger partial charge in [-0.2, -0.15) is 0 Å². The van der Waals surface area contributed by atoms with Crippen molar-refractivity contribution in [2.24, 2.45) is 0 Å². The van der Waals surface area contributed by atoms with E-state index in [4.69, 9.17) is 18.9 Å². The van der Waals surface area contributed by atoms with E-state index in [9.17, 15) is 9.59 Å². The van der Waals surface area contributed by atoms with Crippen LogP contribution in [0.2, 0.25) is 0 Å². The summed E-state index contributed by atoms with van der Waals surface area (Å²) in [5, 5.41) is 2.65. The van der Waals surface area contributed by atoms with Crippen LogP contribution >= 0.6 is 15.9 Å². The first-order valence-electron chi connectivity index (χ1n) is 7.77. The molecule has 0 aliphatic carbocycles. The molecule has 0 fully saturated rings. The zero-order chi connectivity index (χ0) is 18.5. The van der Waals surface area contributed by atoms with E-state index in [2.05, 4.69) is 21.2 Å². The summed E-state index contributed by atoms with van der Waals surface area (Å²) in [5.41, 5.74) is 0.800. The molecule has 3 rings (SSSR count). The van der Waals surface area contributed by atoms with E-state index in [1.54, 1.807) is 30.3 Å². The molecule has 136 valence electrons. The molecule has 26 heavy (non-hydrogen) atoms. The van der Waals surface area contributed by atoms with Crippen molar-refractivity contribution in [1.29, 1.82) is 0 Å². The van der Waals surface area contributed by atoms with Gasteiger partial charge in [0.05, 0.1) is 12.7 Å². The normalized spacial score (nSPS) is 12.2. The van der Waals surface area contributed by atoms with Crippen molar-refractivity contribution in [2.75, 3.05) is 32.2 Å². The average molecular weight is 422 g/mol. The topological polar surface area (TPSA) is 83.1 Å². The zero-order valence-electron chi connectivity index (χ0n) is 13.9. The number of benzene rings is 2. The second kappa shape index (κ2) is 8.09. The molecule has 0 atom stereocenters. The van der Waals surface area contributed by atoms with Crippen LogP contribution in [0.1, 0.15) is 10.4 Å². The Morgan fingerprint density at radius 3 is 2.65 bits per heavy atom. The van der Waals surface area contributed by atoms with Gasteiger partial charge in [0.2, 0.25) is 0 Å². The number of hydrogen-bond acceptors (Lipinski definition) is 6. The molecule has 0 radical (unpaired) electrons. The molecule has 0 bridgehead atoms. The molecule has 1 aliphatic heterocycles. The highest BCUT2D eigenvalue weighted by Crippen LogP contribution is 2.32. The summed E-state index contributed by atoms with van der Waals surface area (Å²) in [6.45, 7) is 0.531. The first-order chi connectivity index (χ1) is 12.6. The fraction of sp³-hybridized carbons (Fsp3) is 0.222. The first kappa shape index (κ1) is 18.1. The summed E-state index contributed by atoms with van der Waals surface area (Å²) in [6, 6.07) is 9.97. The number of carbonyl (C=O) groups excluding carboxylic acids is 2. The number of rotatable bonds is 5. The van der Waals surface area contributed by atoms with Crippen LogP contribution in [-0.2, 0) is 9.53 Å². The molecule has 1 N–H and O–H groups in total. The lowest BCUT2D eigenvalue weighted by Crippen LogP contribution is -2.21. The molecular weight excluding hydrogens is 406 g/mol. The van der Waals surface area contributed by atoms with Gasteiger partial charge < -0.3 is 24.3 Å². The Balaban J connectivity index is 1.58. The van der Waals surface area contributed by atoms with E-state index >= 15 is 0 Å². The minimum absolute atomic E-state index is 0.275. The van der Waals surface area contributed by atoms with Crippen LogP contribution in [-0.4, -0.2) is 38.8 Å². The van der Waals surface area contributed by atoms with E-state index < -0.39 is 18.5 Å². The molecule has 1 aliphatic rings. The van der Waals surface area contributed by atoms with Crippen LogP contribution in [0.3, 0.4) is 0 Å². The van der Waals surface area contributed by atoms with Gasteiger partial charge in [0, 0.05) is 16.2 Å². The molecular formula is C18H16BrNO6. The smallest absolute Gasteiger partial charge is 0.339 e. The summed E-state index contributed by atoms with van der Waals surface area (Å²) >= 11 is 3.27. The zero-order valence-corrected chi connectivity index (χ0v) is 15.5. The molecule has 0 spiro atoms. The molecule has 0 aromatic heterocycles. The lowest BCUT2D eigenvalue weighted by Gasteiger charge is -2.19. The van der Waals surface area contributed by atoms with Crippen molar-refractivity contribution in [2.45, 2.75) is 0 Å². The number of amides is 1. The molecule has 0 saturated carbocycles. The molecule has 1 amide bonds. The Bertz CT molecular complexity index is 838. The number of nitrogens with one attached hydrogen (secondary N) is 1. The Kier molecular flexibility index (Phi) is 5.62. The molecule has 2 aromatic rings. The summed E-state index contributed by atoms with van der Waals surface area (Å²) < 4.78 is 21.6. The molecule has 0 unspecified atom stereocenters. The van der Waals surface area contributed by atoms with Crippen molar-refractivity contribution >= 4 is 33.5 Å². The third-order valence-electron chi connectivity index (χ3n) is 3.55.